The van der Waals surface area contributed by atoms with Gasteiger partial charge in [-0.2, -0.15) is 0 Å². The van der Waals surface area contributed by atoms with Crippen LogP contribution in [0.1, 0.15) is 31.4 Å². The molecule has 0 bridgehead atoms. The van der Waals surface area contributed by atoms with E-state index in [0.717, 1.165) is 64.2 Å². The third-order valence-corrected chi connectivity index (χ3v) is 7.29. The molecule has 0 aliphatic carbocycles. The first kappa shape index (κ1) is 21.7. The van der Waals surface area contributed by atoms with Gasteiger partial charge in [-0.25, -0.2) is 0 Å². The van der Waals surface area contributed by atoms with Crippen LogP contribution in [0.25, 0.3) is 0 Å². The Morgan fingerprint density at radius 1 is 0.900 bits per heavy atom. The molecule has 2 aliphatic rings. The van der Waals surface area contributed by atoms with E-state index in [-0.39, 0.29) is 6.61 Å². The monoisotopic (exact) mass is 427 g/mol. The maximum atomic E-state index is 10.4. The molecule has 0 radical (unpaired) electrons. The molecule has 1 saturated heterocycles. The zero-order chi connectivity index (χ0) is 20.9. The lowest BCUT2D eigenvalue weighted by atomic mass is 10.1. The summed E-state index contributed by atoms with van der Waals surface area (Å²) in [4.78, 5) is 9.88. The Bertz CT molecular complexity index is 839. The predicted molar refractivity (Wildman–Crippen MR) is 124 cm³/mol. The van der Waals surface area contributed by atoms with Crippen LogP contribution < -0.4 is 4.90 Å². The number of piperazine rings is 1. The number of para-hydroxylation sites is 1. The Labute approximate surface area is 184 Å². The first-order valence-electron chi connectivity index (χ1n) is 11.1. The standard InChI is InChI=1S/C24H33N3O2S/c1-2-22(29)19-8-9-24-21(18-19)27(20-6-3-4-7-23(20)30-24)11-5-10-25-12-14-26(15-13-25)16-17-28/h3-4,6-9,18,22,28-29H,2,5,10-17H2,1H3. The number of rotatable bonds is 8. The summed E-state index contributed by atoms with van der Waals surface area (Å²) in [6.07, 6.45) is 1.42. The zero-order valence-corrected chi connectivity index (χ0v) is 18.7. The van der Waals surface area contributed by atoms with Crippen molar-refractivity contribution >= 4 is 23.1 Å². The van der Waals surface area contributed by atoms with E-state index in [1.54, 1.807) is 0 Å². The minimum Gasteiger partial charge on any atom is -0.395 e. The second kappa shape index (κ2) is 10.2. The molecule has 6 heteroatoms. The van der Waals surface area contributed by atoms with Crippen LogP contribution in [-0.2, 0) is 0 Å². The van der Waals surface area contributed by atoms with Gasteiger partial charge in [0.15, 0.2) is 0 Å². The van der Waals surface area contributed by atoms with Gasteiger partial charge in [0, 0.05) is 49.1 Å². The van der Waals surface area contributed by atoms with Crippen LogP contribution in [0.5, 0.6) is 0 Å². The fraction of sp³-hybridized carbons (Fsp3) is 0.500. The summed E-state index contributed by atoms with van der Waals surface area (Å²) in [6.45, 7) is 9.37. The molecule has 0 amide bonds. The minimum atomic E-state index is -0.408. The van der Waals surface area contributed by atoms with Gasteiger partial charge >= 0.3 is 0 Å². The highest BCUT2D eigenvalue weighted by atomic mass is 32.2. The van der Waals surface area contributed by atoms with Crippen molar-refractivity contribution in [2.75, 3.05) is 57.3 Å². The number of β-amino-alcohol motifs (C(OH)–C–C–N with tert-alkyl or cyclic N) is 1. The summed E-state index contributed by atoms with van der Waals surface area (Å²) in [5.74, 6) is 0. The second-order valence-electron chi connectivity index (χ2n) is 8.13. The van der Waals surface area contributed by atoms with Gasteiger partial charge in [-0.05, 0) is 49.2 Å². The average Bonchev–Trinajstić information content (AvgIpc) is 2.79. The van der Waals surface area contributed by atoms with Crippen LogP contribution in [0.2, 0.25) is 0 Å². The van der Waals surface area contributed by atoms with Gasteiger partial charge in [-0.1, -0.05) is 36.9 Å². The fourth-order valence-electron chi connectivity index (χ4n) is 4.36. The van der Waals surface area contributed by atoms with Gasteiger partial charge < -0.3 is 20.0 Å². The number of nitrogens with zero attached hydrogens (tertiary/aromatic N) is 3. The normalized spacial score (nSPS) is 18.2. The zero-order valence-electron chi connectivity index (χ0n) is 17.8. The Morgan fingerprint density at radius 3 is 2.33 bits per heavy atom. The molecule has 30 heavy (non-hydrogen) atoms. The van der Waals surface area contributed by atoms with Crippen LogP contribution in [0.15, 0.2) is 52.3 Å². The van der Waals surface area contributed by atoms with E-state index in [1.807, 2.05) is 18.7 Å². The van der Waals surface area contributed by atoms with E-state index in [4.69, 9.17) is 5.11 Å². The molecule has 4 rings (SSSR count). The van der Waals surface area contributed by atoms with Crippen LogP contribution in [0.3, 0.4) is 0 Å². The van der Waals surface area contributed by atoms with Crippen molar-refractivity contribution in [2.24, 2.45) is 0 Å². The summed E-state index contributed by atoms with van der Waals surface area (Å²) >= 11 is 1.82. The van der Waals surface area contributed by atoms with Gasteiger partial charge in [0.25, 0.3) is 0 Å². The lowest BCUT2D eigenvalue weighted by Gasteiger charge is -2.36. The molecule has 2 aromatic rings. The van der Waals surface area contributed by atoms with Crippen molar-refractivity contribution in [2.45, 2.75) is 35.7 Å². The number of hydrogen-bond donors (Lipinski definition) is 2. The molecule has 0 aromatic heterocycles. The maximum Gasteiger partial charge on any atom is 0.0788 e. The van der Waals surface area contributed by atoms with Gasteiger partial charge in [0.1, 0.15) is 0 Å². The molecule has 162 valence electrons. The van der Waals surface area contributed by atoms with Crippen molar-refractivity contribution in [3.63, 3.8) is 0 Å². The van der Waals surface area contributed by atoms with Crippen molar-refractivity contribution in [3.8, 4) is 0 Å². The largest absolute Gasteiger partial charge is 0.395 e. The summed E-state index contributed by atoms with van der Waals surface area (Å²) < 4.78 is 0. The highest BCUT2D eigenvalue weighted by Crippen LogP contribution is 2.48. The molecule has 1 atom stereocenters. The van der Waals surface area contributed by atoms with E-state index < -0.39 is 6.10 Å². The van der Waals surface area contributed by atoms with E-state index in [9.17, 15) is 5.11 Å². The summed E-state index contributed by atoms with van der Waals surface area (Å²) in [7, 11) is 0. The third kappa shape index (κ3) is 4.84. The highest BCUT2D eigenvalue weighted by molar-refractivity contribution is 7.99. The summed E-state index contributed by atoms with van der Waals surface area (Å²) in [6, 6.07) is 15.0. The number of aliphatic hydroxyl groups is 2. The van der Waals surface area contributed by atoms with Gasteiger partial charge in [-0.15, -0.1) is 0 Å². The number of hydrogen-bond acceptors (Lipinski definition) is 6. The lowest BCUT2D eigenvalue weighted by Crippen LogP contribution is -2.47. The summed E-state index contributed by atoms with van der Waals surface area (Å²) in [5, 5.41) is 19.5. The van der Waals surface area contributed by atoms with Crippen molar-refractivity contribution in [3.05, 3.63) is 48.0 Å². The Kier molecular flexibility index (Phi) is 7.33. The van der Waals surface area contributed by atoms with Crippen LogP contribution in [0.4, 0.5) is 11.4 Å². The lowest BCUT2D eigenvalue weighted by molar-refractivity contribution is 0.112. The van der Waals surface area contributed by atoms with E-state index in [2.05, 4.69) is 57.2 Å². The van der Waals surface area contributed by atoms with E-state index >= 15 is 0 Å². The topological polar surface area (TPSA) is 50.2 Å². The number of benzene rings is 2. The molecule has 5 nitrogen and oxygen atoms in total. The van der Waals surface area contributed by atoms with Crippen molar-refractivity contribution in [1.82, 2.24) is 9.80 Å². The molecule has 1 unspecified atom stereocenters. The van der Waals surface area contributed by atoms with Crippen molar-refractivity contribution < 1.29 is 10.2 Å². The molecular weight excluding hydrogens is 394 g/mol. The molecular formula is C24H33N3O2S. The molecule has 2 aromatic carbocycles. The van der Waals surface area contributed by atoms with Crippen LogP contribution >= 0.6 is 11.8 Å². The summed E-state index contributed by atoms with van der Waals surface area (Å²) in [5.41, 5.74) is 3.49. The maximum absolute atomic E-state index is 10.4. The van der Waals surface area contributed by atoms with Crippen LogP contribution in [0, 0.1) is 0 Å². The van der Waals surface area contributed by atoms with Gasteiger partial charge in [0.2, 0.25) is 0 Å². The predicted octanol–water partition coefficient (Wildman–Crippen LogP) is 3.73. The molecule has 2 aliphatic heterocycles. The second-order valence-corrected chi connectivity index (χ2v) is 9.22. The first-order chi connectivity index (χ1) is 14.7. The van der Waals surface area contributed by atoms with E-state index in [1.165, 1.54) is 21.2 Å². The number of anilines is 2. The Hall–Kier alpha value is -1.57. The fourth-order valence-corrected chi connectivity index (χ4v) is 5.44. The SMILES string of the molecule is CCC(O)c1ccc2c(c1)N(CCCN1CCN(CCO)CC1)c1ccccc1S2. The molecule has 2 N–H and O–H groups in total. The minimum absolute atomic E-state index is 0.251. The number of aliphatic hydroxyl groups excluding tert-OH is 2. The van der Waals surface area contributed by atoms with E-state index in [0.29, 0.717) is 0 Å². The third-order valence-electron chi connectivity index (χ3n) is 6.16. The molecule has 0 saturated carbocycles. The molecule has 1 fully saturated rings. The average molecular weight is 428 g/mol. The molecule has 2 heterocycles. The van der Waals surface area contributed by atoms with Gasteiger partial charge in [0.05, 0.1) is 24.1 Å². The van der Waals surface area contributed by atoms with Crippen LogP contribution in [-0.4, -0.2) is 72.4 Å². The van der Waals surface area contributed by atoms with Crippen molar-refractivity contribution in [1.29, 1.82) is 0 Å². The molecule has 0 spiro atoms. The van der Waals surface area contributed by atoms with Gasteiger partial charge in [-0.3, -0.25) is 4.90 Å². The Morgan fingerprint density at radius 2 is 1.60 bits per heavy atom. The highest BCUT2D eigenvalue weighted by Gasteiger charge is 2.24. The number of fused-ring (bicyclic) bond motifs is 2. The quantitative estimate of drug-likeness (QED) is 0.670. The Balaban J connectivity index is 1.46. The smallest absolute Gasteiger partial charge is 0.0788 e. The first-order valence-corrected chi connectivity index (χ1v) is 11.9.